The highest BCUT2D eigenvalue weighted by Crippen LogP contribution is 2.35. The number of amides is 1. The molecule has 1 N–H and O–H groups in total. The Morgan fingerprint density at radius 3 is 2.59 bits per heavy atom. The molecule has 1 amide bonds. The van der Waals surface area contributed by atoms with E-state index < -0.39 is 11.9 Å². The van der Waals surface area contributed by atoms with E-state index in [4.69, 9.17) is 9.47 Å². The van der Waals surface area contributed by atoms with Crippen molar-refractivity contribution < 1.29 is 24.2 Å². The predicted molar refractivity (Wildman–Crippen MR) is 134 cm³/mol. The Kier molecular flexibility index (Phi) is 8.27. The van der Waals surface area contributed by atoms with Crippen LogP contribution in [-0.2, 0) is 11.4 Å². The second-order valence-electron chi connectivity index (χ2n) is 7.24. The molecule has 0 bridgehead atoms. The molecule has 8 heteroatoms. The minimum Gasteiger partial charge on any atom is -0.545 e. The van der Waals surface area contributed by atoms with Gasteiger partial charge in [-0.15, -0.1) is 0 Å². The lowest BCUT2D eigenvalue weighted by molar-refractivity contribution is -0.255. The Balaban J connectivity index is 1.83. The minimum atomic E-state index is -1.36. The van der Waals surface area contributed by atoms with Crippen LogP contribution in [0.2, 0.25) is 0 Å². The number of carbonyl (C=O) groups is 2. The molecule has 34 heavy (non-hydrogen) atoms. The maximum Gasteiger partial charge on any atom is 0.266 e. The van der Waals surface area contributed by atoms with Crippen molar-refractivity contribution in [3.63, 3.8) is 0 Å². The molecule has 0 fully saturated rings. The van der Waals surface area contributed by atoms with Gasteiger partial charge in [-0.25, -0.2) is 0 Å². The molecule has 0 aliphatic carbocycles. The Bertz CT molecular complexity index is 1310. The maximum atomic E-state index is 12.6. The number of hydrogen-bond acceptors (Lipinski definition) is 6. The number of methoxy groups -OCH3 is 1. The molecule has 3 rings (SSSR count). The SMILES string of the molecule is COc1cc(/C=C(/C#N)C(=O)Nc2cccc(C(=O)[O-])c2)cc(I)c1OCc1ccccc1C. The molecule has 172 valence electrons. The summed E-state index contributed by atoms with van der Waals surface area (Å²) in [6.07, 6.45) is 1.42. The Hall–Kier alpha value is -3.84. The number of benzene rings is 3. The summed E-state index contributed by atoms with van der Waals surface area (Å²) < 4.78 is 12.3. The normalized spacial score (nSPS) is 10.8. The van der Waals surface area contributed by atoms with Gasteiger partial charge < -0.3 is 24.7 Å². The first-order valence-electron chi connectivity index (χ1n) is 10.1. The fraction of sp³-hybridized carbons (Fsp3) is 0.115. The van der Waals surface area contributed by atoms with Crippen LogP contribution in [0, 0.1) is 21.8 Å². The number of halogens is 1. The van der Waals surface area contributed by atoms with E-state index in [2.05, 4.69) is 27.9 Å². The summed E-state index contributed by atoms with van der Waals surface area (Å²) in [5, 5.41) is 23.1. The minimum absolute atomic E-state index is 0.0825. The molecule has 7 nitrogen and oxygen atoms in total. The van der Waals surface area contributed by atoms with E-state index in [-0.39, 0.29) is 16.8 Å². The van der Waals surface area contributed by atoms with Crippen LogP contribution in [0.25, 0.3) is 6.08 Å². The highest BCUT2D eigenvalue weighted by molar-refractivity contribution is 14.1. The smallest absolute Gasteiger partial charge is 0.266 e. The van der Waals surface area contributed by atoms with Crippen molar-refractivity contribution in [2.24, 2.45) is 0 Å². The second-order valence-corrected chi connectivity index (χ2v) is 8.40. The first-order chi connectivity index (χ1) is 16.3. The number of nitriles is 1. The first-order valence-corrected chi connectivity index (χ1v) is 11.2. The molecule has 0 aliphatic rings. The number of carboxylic acids is 1. The van der Waals surface area contributed by atoms with E-state index >= 15 is 0 Å². The van der Waals surface area contributed by atoms with E-state index in [1.807, 2.05) is 37.3 Å². The van der Waals surface area contributed by atoms with Gasteiger partial charge >= 0.3 is 0 Å². The predicted octanol–water partition coefficient (Wildman–Crippen LogP) is 4.10. The van der Waals surface area contributed by atoms with E-state index in [0.29, 0.717) is 23.7 Å². The topological polar surface area (TPSA) is 111 Å². The molecule has 0 aromatic heterocycles. The number of hydrogen-bond donors (Lipinski definition) is 1. The number of carbonyl (C=O) groups excluding carboxylic acids is 2. The number of aromatic carboxylic acids is 1. The molecule has 0 spiro atoms. The first kappa shape index (κ1) is 24.8. The summed E-state index contributed by atoms with van der Waals surface area (Å²) in [5.41, 5.74) is 2.73. The van der Waals surface area contributed by atoms with E-state index in [0.717, 1.165) is 14.7 Å². The fourth-order valence-electron chi connectivity index (χ4n) is 3.12. The van der Waals surface area contributed by atoms with Crippen LogP contribution >= 0.6 is 22.6 Å². The molecule has 0 aliphatic heterocycles. The number of ether oxygens (including phenoxy) is 2. The highest BCUT2D eigenvalue weighted by atomic mass is 127. The lowest BCUT2D eigenvalue weighted by Gasteiger charge is -2.15. The van der Waals surface area contributed by atoms with Crippen molar-refractivity contribution in [1.82, 2.24) is 0 Å². The van der Waals surface area contributed by atoms with Gasteiger partial charge in [-0.2, -0.15) is 5.26 Å². The van der Waals surface area contributed by atoms with Gasteiger partial charge in [0, 0.05) is 5.69 Å². The molecule has 0 atom stereocenters. The summed E-state index contributed by atoms with van der Waals surface area (Å²) >= 11 is 2.11. The largest absolute Gasteiger partial charge is 0.545 e. The van der Waals surface area contributed by atoms with Crippen molar-refractivity contribution in [2.75, 3.05) is 12.4 Å². The van der Waals surface area contributed by atoms with E-state index in [9.17, 15) is 20.0 Å². The Morgan fingerprint density at radius 1 is 1.15 bits per heavy atom. The van der Waals surface area contributed by atoms with E-state index in [1.165, 1.54) is 37.5 Å². The van der Waals surface area contributed by atoms with Crippen LogP contribution in [-0.4, -0.2) is 19.0 Å². The van der Waals surface area contributed by atoms with Gasteiger partial charge in [-0.3, -0.25) is 4.79 Å². The lowest BCUT2D eigenvalue weighted by atomic mass is 10.1. The van der Waals surface area contributed by atoms with Gasteiger partial charge in [0.15, 0.2) is 11.5 Å². The van der Waals surface area contributed by atoms with Crippen LogP contribution < -0.4 is 19.9 Å². The molecule has 0 unspecified atom stereocenters. The van der Waals surface area contributed by atoms with Crippen molar-refractivity contribution in [3.05, 3.63) is 92.1 Å². The number of nitrogens with zero attached hydrogens (tertiary/aromatic N) is 1. The molecule has 0 saturated heterocycles. The zero-order valence-corrected chi connectivity index (χ0v) is 20.6. The van der Waals surface area contributed by atoms with Crippen molar-refractivity contribution in [1.29, 1.82) is 5.26 Å². The van der Waals surface area contributed by atoms with Crippen LogP contribution in [0.15, 0.2) is 66.2 Å². The molecule has 0 radical (unpaired) electrons. The zero-order valence-electron chi connectivity index (χ0n) is 18.4. The maximum absolute atomic E-state index is 12.6. The van der Waals surface area contributed by atoms with Gasteiger partial charge in [-0.05, 0) is 82.1 Å². The summed E-state index contributed by atoms with van der Waals surface area (Å²) in [5.74, 6) is -1.01. The van der Waals surface area contributed by atoms with Gasteiger partial charge in [0.1, 0.15) is 18.2 Å². The molecule has 0 saturated carbocycles. The molecule has 3 aromatic rings. The van der Waals surface area contributed by atoms with Crippen LogP contribution in [0.5, 0.6) is 11.5 Å². The van der Waals surface area contributed by atoms with Crippen molar-refractivity contribution in [3.8, 4) is 17.6 Å². The Morgan fingerprint density at radius 2 is 1.91 bits per heavy atom. The standard InChI is InChI=1S/C26H21IN2O5/c1-16-6-3-4-7-19(16)15-34-24-22(27)11-17(12-23(24)33-2)10-20(14-28)25(30)29-21-9-5-8-18(13-21)26(31)32/h3-13H,15H2,1-2H3,(H,29,30)(H,31,32)/p-1/b20-10-. The number of aryl methyl sites for hydroxylation is 1. The van der Waals surface area contributed by atoms with E-state index in [1.54, 1.807) is 12.1 Å². The number of rotatable bonds is 8. The monoisotopic (exact) mass is 567 g/mol. The zero-order chi connectivity index (χ0) is 24.7. The third-order valence-electron chi connectivity index (χ3n) is 4.92. The summed E-state index contributed by atoms with van der Waals surface area (Å²) in [7, 11) is 1.52. The molecule has 3 aromatic carbocycles. The van der Waals surface area contributed by atoms with Crippen LogP contribution in [0.1, 0.15) is 27.0 Å². The Labute approximate surface area is 210 Å². The van der Waals surface area contributed by atoms with Crippen molar-refractivity contribution >= 4 is 46.2 Å². The van der Waals surface area contributed by atoms with Crippen LogP contribution in [0.3, 0.4) is 0 Å². The second kappa shape index (κ2) is 11.3. The molecular formula is C26H20IN2O5-. The third-order valence-corrected chi connectivity index (χ3v) is 5.72. The highest BCUT2D eigenvalue weighted by Gasteiger charge is 2.15. The van der Waals surface area contributed by atoms with Gasteiger partial charge in [0.2, 0.25) is 0 Å². The van der Waals surface area contributed by atoms with Crippen molar-refractivity contribution in [2.45, 2.75) is 13.5 Å². The van der Waals surface area contributed by atoms with Gasteiger partial charge in [0.05, 0.1) is 16.6 Å². The van der Waals surface area contributed by atoms with Gasteiger partial charge in [-0.1, -0.05) is 36.4 Å². The average molecular weight is 567 g/mol. The lowest BCUT2D eigenvalue weighted by Crippen LogP contribution is -2.22. The summed E-state index contributed by atoms with van der Waals surface area (Å²) in [6.45, 7) is 2.38. The molecule has 0 heterocycles. The third kappa shape index (κ3) is 6.14. The average Bonchev–Trinajstić information content (AvgIpc) is 2.82. The quantitative estimate of drug-likeness (QED) is 0.249. The summed E-state index contributed by atoms with van der Waals surface area (Å²) in [4.78, 5) is 23.6. The fourth-order valence-corrected chi connectivity index (χ4v) is 3.90. The summed E-state index contributed by atoms with van der Waals surface area (Å²) in [6, 6.07) is 18.9. The number of carboxylic acid groups (broad SMARTS) is 1. The number of nitrogens with one attached hydrogen (secondary N) is 1. The molecular weight excluding hydrogens is 547 g/mol. The van der Waals surface area contributed by atoms with Crippen LogP contribution in [0.4, 0.5) is 5.69 Å². The number of anilines is 1. The van der Waals surface area contributed by atoms with Gasteiger partial charge in [0.25, 0.3) is 5.91 Å².